The minimum atomic E-state index is -0.123. The summed E-state index contributed by atoms with van der Waals surface area (Å²) in [5.74, 6) is 0.503. The first-order chi connectivity index (χ1) is 9.58. The third-order valence-electron chi connectivity index (χ3n) is 2.62. The first-order valence-electron chi connectivity index (χ1n) is 6.19. The number of hydrogen-bond donors (Lipinski definition) is 2. The van der Waals surface area contributed by atoms with Gasteiger partial charge in [0.2, 0.25) is 5.91 Å². The summed E-state index contributed by atoms with van der Waals surface area (Å²) in [5, 5.41) is 9.07. The fourth-order valence-corrected chi connectivity index (χ4v) is 2.47. The van der Waals surface area contributed by atoms with Crippen LogP contribution < -0.4 is 15.4 Å². The lowest BCUT2D eigenvalue weighted by Gasteiger charge is -2.11. The molecule has 2 N–H and O–H groups in total. The van der Waals surface area contributed by atoms with Crippen molar-refractivity contribution >= 4 is 28.6 Å². The van der Waals surface area contributed by atoms with Crippen LogP contribution in [0.2, 0.25) is 0 Å². The number of ether oxygens (including phenoxy) is 1. The molecular weight excluding hydrogens is 274 g/mol. The molecule has 0 saturated heterocycles. The number of carbonyl (C=O) groups excluding carboxylic acids is 1. The topological polar surface area (TPSA) is 63.2 Å². The molecule has 1 aromatic carbocycles. The SMILES string of the molecule is COc1cc(NCc2nc(C)cs2)ccc1NC(C)=O. The summed E-state index contributed by atoms with van der Waals surface area (Å²) < 4.78 is 5.28. The van der Waals surface area contributed by atoms with Gasteiger partial charge in [-0.15, -0.1) is 11.3 Å². The van der Waals surface area contributed by atoms with Gasteiger partial charge in [0.1, 0.15) is 10.8 Å². The van der Waals surface area contributed by atoms with E-state index in [1.807, 2.05) is 30.5 Å². The second-order valence-corrected chi connectivity index (χ2v) is 5.28. The molecule has 2 rings (SSSR count). The first kappa shape index (κ1) is 14.3. The Morgan fingerprint density at radius 3 is 2.85 bits per heavy atom. The van der Waals surface area contributed by atoms with Crippen LogP contribution in [0, 0.1) is 6.92 Å². The number of amides is 1. The number of anilines is 2. The molecule has 0 saturated carbocycles. The zero-order valence-electron chi connectivity index (χ0n) is 11.7. The first-order valence-corrected chi connectivity index (χ1v) is 7.07. The lowest BCUT2D eigenvalue weighted by molar-refractivity contribution is -0.114. The van der Waals surface area contributed by atoms with Crippen molar-refractivity contribution in [1.82, 2.24) is 4.98 Å². The molecule has 0 aliphatic rings. The molecule has 0 radical (unpaired) electrons. The Labute approximate surface area is 122 Å². The van der Waals surface area contributed by atoms with Gasteiger partial charge < -0.3 is 15.4 Å². The number of hydrogen-bond acceptors (Lipinski definition) is 5. The van der Waals surface area contributed by atoms with E-state index < -0.39 is 0 Å². The predicted molar refractivity (Wildman–Crippen MR) is 81.5 cm³/mol. The van der Waals surface area contributed by atoms with Crippen molar-refractivity contribution in [2.24, 2.45) is 0 Å². The molecule has 20 heavy (non-hydrogen) atoms. The Hall–Kier alpha value is -2.08. The molecule has 106 valence electrons. The van der Waals surface area contributed by atoms with E-state index in [4.69, 9.17) is 4.74 Å². The van der Waals surface area contributed by atoms with E-state index in [2.05, 4.69) is 15.6 Å². The van der Waals surface area contributed by atoms with Crippen LogP contribution in [0.1, 0.15) is 17.6 Å². The second kappa shape index (κ2) is 6.38. The Balaban J connectivity index is 2.07. The van der Waals surface area contributed by atoms with Gasteiger partial charge in [0.15, 0.2) is 0 Å². The molecule has 0 unspecified atom stereocenters. The van der Waals surface area contributed by atoms with Gasteiger partial charge in [0, 0.05) is 29.8 Å². The minimum absolute atomic E-state index is 0.123. The fraction of sp³-hybridized carbons (Fsp3) is 0.286. The molecule has 0 aliphatic carbocycles. The summed E-state index contributed by atoms with van der Waals surface area (Å²) in [6.07, 6.45) is 0. The maximum Gasteiger partial charge on any atom is 0.221 e. The number of nitrogens with zero attached hydrogens (tertiary/aromatic N) is 1. The van der Waals surface area contributed by atoms with Crippen LogP contribution in [-0.4, -0.2) is 18.0 Å². The normalized spacial score (nSPS) is 10.2. The molecule has 1 aromatic heterocycles. The molecule has 0 aliphatic heterocycles. The number of aromatic nitrogens is 1. The Bertz CT molecular complexity index is 610. The van der Waals surface area contributed by atoms with Gasteiger partial charge in [-0.05, 0) is 19.1 Å². The van der Waals surface area contributed by atoms with E-state index in [0.717, 1.165) is 16.4 Å². The van der Waals surface area contributed by atoms with Crippen molar-refractivity contribution in [3.63, 3.8) is 0 Å². The van der Waals surface area contributed by atoms with E-state index in [1.54, 1.807) is 18.4 Å². The van der Waals surface area contributed by atoms with E-state index >= 15 is 0 Å². The summed E-state index contributed by atoms with van der Waals surface area (Å²) in [5.41, 5.74) is 2.62. The van der Waals surface area contributed by atoms with Gasteiger partial charge in [0.25, 0.3) is 0 Å². The quantitative estimate of drug-likeness (QED) is 0.889. The monoisotopic (exact) mass is 291 g/mol. The van der Waals surface area contributed by atoms with Crippen LogP contribution in [0.25, 0.3) is 0 Å². The molecule has 0 spiro atoms. The minimum Gasteiger partial charge on any atom is -0.494 e. The van der Waals surface area contributed by atoms with Gasteiger partial charge in [-0.1, -0.05) is 0 Å². The molecule has 0 fully saturated rings. The smallest absolute Gasteiger partial charge is 0.221 e. The van der Waals surface area contributed by atoms with Crippen molar-refractivity contribution in [3.05, 3.63) is 34.3 Å². The lowest BCUT2D eigenvalue weighted by atomic mass is 10.2. The third kappa shape index (κ3) is 3.71. The molecular formula is C14H17N3O2S. The van der Waals surface area contributed by atoms with Crippen LogP contribution in [0.3, 0.4) is 0 Å². The van der Waals surface area contributed by atoms with Crippen molar-refractivity contribution in [3.8, 4) is 5.75 Å². The maximum absolute atomic E-state index is 11.1. The number of aryl methyl sites for hydroxylation is 1. The molecule has 6 heteroatoms. The predicted octanol–water partition coefficient (Wildman–Crippen LogP) is 3.03. The van der Waals surface area contributed by atoms with Gasteiger partial charge in [-0.25, -0.2) is 4.98 Å². The van der Waals surface area contributed by atoms with Crippen LogP contribution >= 0.6 is 11.3 Å². The fourth-order valence-electron chi connectivity index (χ4n) is 1.76. The van der Waals surface area contributed by atoms with E-state index in [-0.39, 0.29) is 5.91 Å². The molecule has 0 bridgehead atoms. The summed E-state index contributed by atoms with van der Waals surface area (Å²) in [6, 6.07) is 5.57. The number of methoxy groups -OCH3 is 1. The summed E-state index contributed by atoms with van der Waals surface area (Å²) in [4.78, 5) is 15.5. The van der Waals surface area contributed by atoms with E-state index in [1.165, 1.54) is 6.92 Å². The number of nitrogens with one attached hydrogen (secondary N) is 2. The van der Waals surface area contributed by atoms with Crippen LogP contribution in [0.4, 0.5) is 11.4 Å². The van der Waals surface area contributed by atoms with Crippen molar-refractivity contribution in [1.29, 1.82) is 0 Å². The van der Waals surface area contributed by atoms with Crippen molar-refractivity contribution in [2.45, 2.75) is 20.4 Å². The average molecular weight is 291 g/mol. The van der Waals surface area contributed by atoms with Crippen molar-refractivity contribution in [2.75, 3.05) is 17.7 Å². The van der Waals surface area contributed by atoms with Crippen LogP contribution in [0.5, 0.6) is 5.75 Å². The third-order valence-corrected chi connectivity index (χ3v) is 3.59. The standard InChI is InChI=1S/C14H17N3O2S/c1-9-8-20-14(16-9)7-15-11-4-5-12(17-10(2)18)13(6-11)19-3/h4-6,8,15H,7H2,1-3H3,(H,17,18). The largest absolute Gasteiger partial charge is 0.494 e. The molecule has 1 heterocycles. The Morgan fingerprint density at radius 2 is 2.25 bits per heavy atom. The highest BCUT2D eigenvalue weighted by Gasteiger charge is 2.06. The Kier molecular flexibility index (Phi) is 4.57. The number of thiazole rings is 1. The maximum atomic E-state index is 11.1. The average Bonchev–Trinajstić information content (AvgIpc) is 2.83. The molecule has 0 atom stereocenters. The van der Waals surface area contributed by atoms with Gasteiger partial charge in [0.05, 0.1) is 19.3 Å². The van der Waals surface area contributed by atoms with Crippen molar-refractivity contribution < 1.29 is 9.53 Å². The summed E-state index contributed by atoms with van der Waals surface area (Å²) in [6.45, 7) is 4.11. The number of benzene rings is 1. The highest BCUT2D eigenvalue weighted by atomic mass is 32.1. The molecule has 1 amide bonds. The summed E-state index contributed by atoms with van der Waals surface area (Å²) in [7, 11) is 1.58. The zero-order chi connectivity index (χ0) is 14.5. The van der Waals surface area contributed by atoms with E-state index in [0.29, 0.717) is 18.0 Å². The van der Waals surface area contributed by atoms with Gasteiger partial charge in [-0.2, -0.15) is 0 Å². The highest BCUT2D eigenvalue weighted by Crippen LogP contribution is 2.28. The number of carbonyl (C=O) groups is 1. The van der Waals surface area contributed by atoms with Crippen LogP contribution in [-0.2, 0) is 11.3 Å². The second-order valence-electron chi connectivity index (χ2n) is 4.33. The molecule has 5 nitrogen and oxygen atoms in total. The highest BCUT2D eigenvalue weighted by molar-refractivity contribution is 7.09. The Morgan fingerprint density at radius 1 is 1.45 bits per heavy atom. The van der Waals surface area contributed by atoms with Gasteiger partial charge in [-0.3, -0.25) is 4.79 Å². The van der Waals surface area contributed by atoms with Crippen LogP contribution in [0.15, 0.2) is 23.6 Å². The summed E-state index contributed by atoms with van der Waals surface area (Å²) >= 11 is 1.63. The number of rotatable bonds is 5. The molecule has 2 aromatic rings. The zero-order valence-corrected chi connectivity index (χ0v) is 12.5. The lowest BCUT2D eigenvalue weighted by Crippen LogP contribution is -2.07. The van der Waals surface area contributed by atoms with Gasteiger partial charge >= 0.3 is 0 Å². The van der Waals surface area contributed by atoms with E-state index in [9.17, 15) is 4.79 Å².